The fourth-order valence-electron chi connectivity index (χ4n) is 4.47. The molecule has 1 aromatic carbocycles. The molecule has 1 aliphatic rings. The molecule has 242 valence electrons. The van der Waals surface area contributed by atoms with Gasteiger partial charge in [0, 0.05) is 38.3 Å². The second-order valence-corrected chi connectivity index (χ2v) is 10.7. The minimum atomic E-state index is -1.03. The van der Waals surface area contributed by atoms with Gasteiger partial charge in [0.25, 0.3) is 0 Å². The molecule has 6 N–H and O–H groups in total. The number of carbonyl (C=O) groups excluding carboxylic acids is 7. The Hall–Kier alpha value is -4.33. The highest BCUT2D eigenvalue weighted by Crippen LogP contribution is 2.22. The molecule has 0 bridgehead atoms. The van der Waals surface area contributed by atoms with Gasteiger partial charge in [-0.25, -0.2) is 0 Å². The van der Waals surface area contributed by atoms with Crippen molar-refractivity contribution in [3.05, 3.63) is 35.9 Å². The highest BCUT2D eigenvalue weighted by molar-refractivity contribution is 6.03. The van der Waals surface area contributed by atoms with Gasteiger partial charge in [-0.05, 0) is 31.7 Å². The molecule has 44 heavy (non-hydrogen) atoms. The van der Waals surface area contributed by atoms with Crippen molar-refractivity contribution in [1.29, 1.82) is 0 Å². The quantitative estimate of drug-likeness (QED) is 0.0830. The van der Waals surface area contributed by atoms with E-state index in [1.165, 1.54) is 11.8 Å². The van der Waals surface area contributed by atoms with Crippen LogP contribution in [0.2, 0.25) is 0 Å². The zero-order chi connectivity index (χ0) is 32.5. The van der Waals surface area contributed by atoms with E-state index in [1.807, 2.05) is 6.92 Å². The van der Waals surface area contributed by atoms with Crippen LogP contribution in [0.15, 0.2) is 30.3 Å². The van der Waals surface area contributed by atoms with E-state index >= 15 is 0 Å². The van der Waals surface area contributed by atoms with Gasteiger partial charge in [0.1, 0.15) is 6.04 Å². The fraction of sp³-hybridized carbons (Fsp3) is 0.567. The molecule has 0 aromatic heterocycles. The van der Waals surface area contributed by atoms with E-state index in [1.54, 1.807) is 30.3 Å². The lowest BCUT2D eigenvalue weighted by molar-refractivity contribution is -0.139. The highest BCUT2D eigenvalue weighted by Gasteiger charge is 2.36. The lowest BCUT2D eigenvalue weighted by atomic mass is 10.1. The first-order chi connectivity index (χ1) is 21.0. The Morgan fingerprint density at radius 1 is 0.864 bits per heavy atom. The van der Waals surface area contributed by atoms with E-state index in [-0.39, 0.29) is 62.5 Å². The Kier molecular flexibility index (Phi) is 15.5. The predicted octanol–water partition coefficient (Wildman–Crippen LogP) is -1.09. The van der Waals surface area contributed by atoms with Crippen molar-refractivity contribution in [2.45, 2.75) is 70.9 Å². The molecule has 1 aromatic rings. The third kappa shape index (κ3) is 13.3. The molecule has 0 saturated carbocycles. The summed E-state index contributed by atoms with van der Waals surface area (Å²) in [6.07, 6.45) is 2.22. The Labute approximate surface area is 257 Å². The molecule has 2 rings (SSSR count). The summed E-state index contributed by atoms with van der Waals surface area (Å²) in [5.74, 6) is -3.19. The van der Waals surface area contributed by atoms with Crippen LogP contribution in [0.5, 0.6) is 0 Å². The van der Waals surface area contributed by atoms with Crippen molar-refractivity contribution in [3.8, 4) is 0 Å². The molecule has 1 heterocycles. The van der Waals surface area contributed by atoms with Gasteiger partial charge in [-0.15, -0.1) is 0 Å². The van der Waals surface area contributed by atoms with E-state index in [0.717, 1.165) is 5.56 Å². The standard InChI is InChI=1S/C30H44N6O8/c1-3-22-15-28(42)36(30(22)44)13-9-5-8-12-24(38)32-17-25(39)33-19-27(41)35-23(14-21-10-6-4-7-11-21)29(43)34-18-26(40)31-16-20(2)37/h4,6-7,10-11,20,22-23,37H,3,5,8-9,12-19H2,1-2H3,(H,31,40)(H,32,38)(H,33,39)(H,34,43)(H,35,41)/t20?,22?,23-/m0/s1. The number of likely N-dealkylation sites (tertiary alicyclic amines) is 1. The SMILES string of the molecule is CCC1CC(=O)N(CCCCCC(=O)NCC(=O)NCC(=O)N[C@@H](Cc2ccccc2)C(=O)NCC(=O)NCC(C)O)C1=O. The number of imide groups is 1. The summed E-state index contributed by atoms with van der Waals surface area (Å²) in [6.45, 7) is 2.64. The van der Waals surface area contributed by atoms with Crippen molar-refractivity contribution in [2.75, 3.05) is 32.7 Å². The second-order valence-electron chi connectivity index (χ2n) is 10.7. The zero-order valence-corrected chi connectivity index (χ0v) is 25.4. The molecule has 7 amide bonds. The Bertz CT molecular complexity index is 1160. The number of hydrogen-bond acceptors (Lipinski definition) is 8. The number of nitrogens with zero attached hydrogens (tertiary/aromatic N) is 1. The summed E-state index contributed by atoms with van der Waals surface area (Å²) in [6, 6.07) is 7.91. The van der Waals surface area contributed by atoms with Gasteiger partial charge in [0.2, 0.25) is 41.4 Å². The average Bonchev–Trinajstić information content (AvgIpc) is 3.28. The smallest absolute Gasteiger partial charge is 0.243 e. The summed E-state index contributed by atoms with van der Waals surface area (Å²) in [5.41, 5.74) is 0.765. The summed E-state index contributed by atoms with van der Waals surface area (Å²) in [5, 5.41) is 21.6. The number of nitrogens with one attached hydrogen (secondary N) is 5. The van der Waals surface area contributed by atoms with Crippen molar-refractivity contribution >= 4 is 41.4 Å². The molecule has 0 radical (unpaired) electrons. The summed E-state index contributed by atoms with van der Waals surface area (Å²) >= 11 is 0. The summed E-state index contributed by atoms with van der Waals surface area (Å²) in [4.78, 5) is 86.9. The molecule has 0 spiro atoms. The molecule has 14 heteroatoms. The van der Waals surface area contributed by atoms with E-state index < -0.39 is 42.3 Å². The van der Waals surface area contributed by atoms with E-state index in [9.17, 15) is 38.7 Å². The molecule has 1 aliphatic heterocycles. The molecule has 1 fully saturated rings. The normalized spacial score (nSPS) is 15.7. The lowest BCUT2D eigenvalue weighted by Crippen LogP contribution is -2.52. The van der Waals surface area contributed by atoms with Crippen molar-refractivity contribution in [3.63, 3.8) is 0 Å². The molecule has 1 saturated heterocycles. The van der Waals surface area contributed by atoms with Gasteiger partial charge < -0.3 is 31.7 Å². The number of unbranched alkanes of at least 4 members (excludes halogenated alkanes) is 2. The number of carbonyl (C=O) groups is 7. The molecule has 2 unspecified atom stereocenters. The first-order valence-electron chi connectivity index (χ1n) is 14.9. The van der Waals surface area contributed by atoms with Gasteiger partial charge >= 0.3 is 0 Å². The number of hydrogen-bond donors (Lipinski definition) is 6. The molecular formula is C30H44N6O8. The number of benzene rings is 1. The van der Waals surface area contributed by atoms with Crippen LogP contribution in [0.25, 0.3) is 0 Å². The van der Waals surface area contributed by atoms with Crippen LogP contribution in [-0.4, -0.2) is 96.2 Å². The molecule has 14 nitrogen and oxygen atoms in total. The van der Waals surface area contributed by atoms with Crippen molar-refractivity contribution in [2.24, 2.45) is 5.92 Å². The van der Waals surface area contributed by atoms with E-state index in [4.69, 9.17) is 0 Å². The van der Waals surface area contributed by atoms with E-state index in [0.29, 0.717) is 32.2 Å². The third-order valence-electron chi connectivity index (χ3n) is 6.96. The predicted molar refractivity (Wildman–Crippen MR) is 159 cm³/mol. The zero-order valence-electron chi connectivity index (χ0n) is 25.4. The third-order valence-corrected chi connectivity index (χ3v) is 6.96. The average molecular weight is 617 g/mol. The maximum atomic E-state index is 12.8. The Morgan fingerprint density at radius 2 is 1.50 bits per heavy atom. The minimum absolute atomic E-state index is 0.0315. The molecule has 3 atom stereocenters. The van der Waals surface area contributed by atoms with Gasteiger partial charge in [0.15, 0.2) is 0 Å². The largest absolute Gasteiger partial charge is 0.392 e. The van der Waals surface area contributed by atoms with Crippen molar-refractivity contribution < 1.29 is 38.7 Å². The first kappa shape index (κ1) is 35.9. The minimum Gasteiger partial charge on any atom is -0.392 e. The van der Waals surface area contributed by atoms with Gasteiger partial charge in [0.05, 0.1) is 25.7 Å². The number of amides is 7. The van der Waals surface area contributed by atoms with Crippen LogP contribution in [-0.2, 0) is 40.0 Å². The summed E-state index contributed by atoms with van der Waals surface area (Å²) < 4.78 is 0. The lowest BCUT2D eigenvalue weighted by Gasteiger charge is -2.19. The van der Waals surface area contributed by atoms with Crippen LogP contribution < -0.4 is 26.6 Å². The van der Waals surface area contributed by atoms with Crippen LogP contribution in [0.1, 0.15) is 57.9 Å². The number of aliphatic hydroxyl groups is 1. The van der Waals surface area contributed by atoms with Gasteiger partial charge in [-0.3, -0.25) is 38.5 Å². The molecular weight excluding hydrogens is 572 g/mol. The topological polar surface area (TPSA) is 203 Å². The highest BCUT2D eigenvalue weighted by atomic mass is 16.3. The fourth-order valence-corrected chi connectivity index (χ4v) is 4.47. The Morgan fingerprint density at radius 3 is 2.16 bits per heavy atom. The molecule has 0 aliphatic carbocycles. The Balaban J connectivity index is 1.69. The number of rotatable bonds is 19. The second kappa shape index (κ2) is 19.1. The van der Waals surface area contributed by atoms with E-state index in [2.05, 4.69) is 26.6 Å². The number of aliphatic hydroxyl groups excluding tert-OH is 1. The van der Waals surface area contributed by atoms with Crippen molar-refractivity contribution in [1.82, 2.24) is 31.5 Å². The van der Waals surface area contributed by atoms with Crippen LogP contribution in [0.3, 0.4) is 0 Å². The van der Waals surface area contributed by atoms with Gasteiger partial charge in [-0.2, -0.15) is 0 Å². The monoisotopic (exact) mass is 616 g/mol. The van der Waals surface area contributed by atoms with Crippen LogP contribution in [0, 0.1) is 5.92 Å². The van der Waals surface area contributed by atoms with Crippen LogP contribution >= 0.6 is 0 Å². The van der Waals surface area contributed by atoms with Gasteiger partial charge in [-0.1, -0.05) is 43.7 Å². The first-order valence-corrected chi connectivity index (χ1v) is 14.9. The van der Waals surface area contributed by atoms with Crippen LogP contribution in [0.4, 0.5) is 0 Å². The maximum Gasteiger partial charge on any atom is 0.243 e. The summed E-state index contributed by atoms with van der Waals surface area (Å²) in [7, 11) is 0. The maximum absolute atomic E-state index is 12.8.